The second-order valence-electron chi connectivity index (χ2n) is 10.0. The monoisotopic (exact) mass is 448 g/mol. The van der Waals surface area contributed by atoms with Gasteiger partial charge < -0.3 is 24.8 Å². The summed E-state index contributed by atoms with van der Waals surface area (Å²) in [6.45, 7) is 12.9. The number of carbonyl (C=O) groups excluding carboxylic acids is 2. The van der Waals surface area contributed by atoms with E-state index in [1.54, 1.807) is 7.05 Å². The van der Waals surface area contributed by atoms with Crippen LogP contribution in [0.15, 0.2) is 0 Å². The number of imidazole rings is 1. The van der Waals surface area contributed by atoms with E-state index in [0.29, 0.717) is 12.2 Å². The molecule has 2 aliphatic heterocycles. The molecule has 1 fully saturated rings. The van der Waals surface area contributed by atoms with Crippen molar-refractivity contribution in [3.05, 3.63) is 17.2 Å². The first-order valence-corrected chi connectivity index (χ1v) is 11.8. The minimum absolute atomic E-state index is 0.195. The number of hydrogen-bond donors (Lipinski definition) is 2. The average Bonchev–Trinajstić information content (AvgIpc) is 2.96. The average molecular weight is 449 g/mol. The normalized spacial score (nSPS) is 19.2. The van der Waals surface area contributed by atoms with Crippen molar-refractivity contribution in [3.8, 4) is 0 Å². The Balaban J connectivity index is 1.79. The number of nitrogens with zero attached hydrogens (tertiary/aromatic N) is 4. The minimum atomic E-state index is -0.634. The molecular formula is C23H40N6O3. The van der Waals surface area contributed by atoms with Crippen LogP contribution >= 0.6 is 0 Å². The summed E-state index contributed by atoms with van der Waals surface area (Å²) >= 11 is 0. The number of ether oxygens (including phenoxy) is 1. The van der Waals surface area contributed by atoms with Crippen molar-refractivity contribution in [2.75, 3.05) is 53.5 Å². The van der Waals surface area contributed by atoms with Gasteiger partial charge in [0, 0.05) is 39.6 Å². The van der Waals surface area contributed by atoms with Crippen molar-refractivity contribution < 1.29 is 14.3 Å². The molecule has 9 nitrogen and oxygen atoms in total. The molecule has 1 saturated heterocycles. The summed E-state index contributed by atoms with van der Waals surface area (Å²) in [5, 5.41) is 5.63. The molecule has 0 unspecified atom stereocenters. The number of hydrogen-bond acceptors (Lipinski definition) is 6. The molecule has 3 heterocycles. The van der Waals surface area contributed by atoms with Gasteiger partial charge in [0.2, 0.25) is 5.91 Å². The predicted octanol–water partition coefficient (Wildman–Crippen LogP) is 0.874. The van der Waals surface area contributed by atoms with Crippen molar-refractivity contribution >= 4 is 11.8 Å². The van der Waals surface area contributed by atoms with Crippen molar-refractivity contribution in [1.82, 2.24) is 30.0 Å². The van der Waals surface area contributed by atoms with Crippen LogP contribution in [0.3, 0.4) is 0 Å². The summed E-state index contributed by atoms with van der Waals surface area (Å²) in [6, 6.07) is -0.634. The number of nitrogens with one attached hydrogen (secondary N) is 2. The molecule has 0 aliphatic carbocycles. The predicted molar refractivity (Wildman–Crippen MR) is 124 cm³/mol. The first-order valence-electron chi connectivity index (χ1n) is 11.8. The van der Waals surface area contributed by atoms with Crippen LogP contribution in [-0.4, -0.2) is 90.7 Å². The molecule has 0 aromatic carbocycles. The third kappa shape index (κ3) is 6.08. The molecule has 3 rings (SSSR count). The lowest BCUT2D eigenvalue weighted by molar-refractivity contribution is -0.124. The molecule has 1 atom stereocenters. The van der Waals surface area contributed by atoms with Gasteiger partial charge in [-0.2, -0.15) is 0 Å². The van der Waals surface area contributed by atoms with Crippen LogP contribution in [0.25, 0.3) is 0 Å². The smallest absolute Gasteiger partial charge is 0.272 e. The number of aryl methyl sites for hydroxylation is 1. The molecule has 0 radical (unpaired) electrons. The van der Waals surface area contributed by atoms with E-state index in [1.807, 2.05) is 20.8 Å². The van der Waals surface area contributed by atoms with Gasteiger partial charge in [0.1, 0.15) is 11.9 Å². The van der Waals surface area contributed by atoms with Crippen molar-refractivity contribution in [2.45, 2.75) is 59.2 Å². The van der Waals surface area contributed by atoms with Gasteiger partial charge in [0.05, 0.1) is 18.9 Å². The molecule has 1 aromatic rings. The standard InChI is InChI=1S/C23H40N6O3/c1-23(2,3)20(22(31)24-4)26-21(30)19-17-16-27(5)9-7-11-29(17)18(25-19)8-6-10-28-12-14-32-15-13-28/h20H,6-16H2,1-5H3,(H,24,31)(H,26,30)/t20-/m1/s1. The van der Waals surface area contributed by atoms with Gasteiger partial charge >= 0.3 is 0 Å². The van der Waals surface area contributed by atoms with E-state index >= 15 is 0 Å². The maximum absolute atomic E-state index is 13.3. The molecule has 9 heteroatoms. The Hall–Kier alpha value is -1.97. The fourth-order valence-electron chi connectivity index (χ4n) is 4.47. The molecule has 0 saturated carbocycles. The van der Waals surface area contributed by atoms with E-state index in [9.17, 15) is 9.59 Å². The van der Waals surface area contributed by atoms with Gasteiger partial charge in [-0.1, -0.05) is 20.8 Å². The van der Waals surface area contributed by atoms with E-state index in [-0.39, 0.29) is 11.8 Å². The van der Waals surface area contributed by atoms with Crippen LogP contribution in [0.1, 0.15) is 55.6 Å². The van der Waals surface area contributed by atoms with E-state index < -0.39 is 11.5 Å². The number of fused-ring (bicyclic) bond motifs is 1. The first-order chi connectivity index (χ1) is 15.2. The largest absolute Gasteiger partial charge is 0.379 e. The lowest BCUT2D eigenvalue weighted by Gasteiger charge is -2.29. The van der Waals surface area contributed by atoms with Crippen molar-refractivity contribution in [1.29, 1.82) is 0 Å². The van der Waals surface area contributed by atoms with Gasteiger partial charge in [0.25, 0.3) is 5.91 Å². The molecule has 0 spiro atoms. The van der Waals surface area contributed by atoms with E-state index in [2.05, 4.69) is 32.0 Å². The van der Waals surface area contributed by atoms with Crippen molar-refractivity contribution in [2.24, 2.45) is 5.41 Å². The molecule has 180 valence electrons. The Morgan fingerprint density at radius 1 is 1.16 bits per heavy atom. The molecular weight excluding hydrogens is 408 g/mol. The Morgan fingerprint density at radius 3 is 2.53 bits per heavy atom. The van der Waals surface area contributed by atoms with Crippen molar-refractivity contribution in [3.63, 3.8) is 0 Å². The maximum atomic E-state index is 13.3. The minimum Gasteiger partial charge on any atom is -0.379 e. The summed E-state index contributed by atoms with van der Waals surface area (Å²) in [4.78, 5) is 35.3. The summed E-state index contributed by atoms with van der Waals surface area (Å²) in [5.74, 6) is 0.506. The van der Waals surface area contributed by atoms with Gasteiger partial charge in [0.15, 0.2) is 5.69 Å². The lowest BCUT2D eigenvalue weighted by atomic mass is 9.86. The summed E-state index contributed by atoms with van der Waals surface area (Å²) in [5.41, 5.74) is 0.997. The summed E-state index contributed by atoms with van der Waals surface area (Å²) in [6.07, 6.45) is 2.86. The molecule has 1 aromatic heterocycles. The van der Waals surface area contributed by atoms with Crippen LogP contribution in [0, 0.1) is 5.41 Å². The van der Waals surface area contributed by atoms with Crippen LogP contribution < -0.4 is 10.6 Å². The fraction of sp³-hybridized carbons (Fsp3) is 0.783. The quantitative estimate of drug-likeness (QED) is 0.643. The number of amides is 2. The number of likely N-dealkylation sites (N-methyl/N-ethyl adjacent to an activating group) is 1. The number of aromatic nitrogens is 2. The third-order valence-electron chi connectivity index (χ3n) is 6.34. The van der Waals surface area contributed by atoms with Crippen LogP contribution in [0.4, 0.5) is 0 Å². The highest BCUT2D eigenvalue weighted by molar-refractivity contribution is 5.97. The summed E-state index contributed by atoms with van der Waals surface area (Å²) < 4.78 is 7.68. The Morgan fingerprint density at radius 2 is 1.88 bits per heavy atom. The van der Waals surface area contributed by atoms with Crippen LogP contribution in [0.2, 0.25) is 0 Å². The van der Waals surface area contributed by atoms with E-state index in [0.717, 1.165) is 76.7 Å². The molecule has 2 amide bonds. The number of rotatable bonds is 7. The molecule has 0 bridgehead atoms. The van der Waals surface area contributed by atoms with Crippen LogP contribution in [0.5, 0.6) is 0 Å². The van der Waals surface area contributed by atoms with E-state index in [4.69, 9.17) is 9.72 Å². The highest BCUT2D eigenvalue weighted by atomic mass is 16.5. The highest BCUT2D eigenvalue weighted by Gasteiger charge is 2.34. The second-order valence-corrected chi connectivity index (χ2v) is 10.0. The van der Waals surface area contributed by atoms with Gasteiger partial charge in [-0.05, 0) is 38.4 Å². The SMILES string of the molecule is CNC(=O)[C@@H](NC(=O)c1nc(CCCN2CCOCC2)n2c1CN(C)CCC2)C(C)(C)C. The first kappa shape index (κ1) is 24.7. The van der Waals surface area contributed by atoms with Gasteiger partial charge in [-0.15, -0.1) is 0 Å². The fourth-order valence-corrected chi connectivity index (χ4v) is 4.47. The second kappa shape index (κ2) is 10.8. The maximum Gasteiger partial charge on any atom is 0.272 e. The zero-order valence-corrected chi connectivity index (χ0v) is 20.4. The lowest BCUT2D eigenvalue weighted by Crippen LogP contribution is -2.53. The van der Waals surface area contributed by atoms with Gasteiger partial charge in [-0.3, -0.25) is 14.5 Å². The molecule has 2 aliphatic rings. The van der Waals surface area contributed by atoms with Crippen LogP contribution in [-0.2, 0) is 29.0 Å². The Bertz CT molecular complexity index is 794. The zero-order chi connectivity index (χ0) is 23.3. The van der Waals surface area contributed by atoms with Gasteiger partial charge in [-0.25, -0.2) is 4.98 Å². The highest BCUT2D eigenvalue weighted by Crippen LogP contribution is 2.23. The third-order valence-corrected chi connectivity index (χ3v) is 6.34. The topological polar surface area (TPSA) is 91.7 Å². The summed E-state index contributed by atoms with van der Waals surface area (Å²) in [7, 11) is 3.67. The van der Waals surface area contributed by atoms with E-state index in [1.165, 1.54) is 0 Å². The Kier molecular flexibility index (Phi) is 8.30. The number of morpholine rings is 1. The number of carbonyl (C=O) groups is 2. The molecule has 2 N–H and O–H groups in total. The zero-order valence-electron chi connectivity index (χ0n) is 20.4. The Labute approximate surface area is 191 Å². The molecule has 32 heavy (non-hydrogen) atoms.